The van der Waals surface area contributed by atoms with Gasteiger partial charge in [0.15, 0.2) is 0 Å². The van der Waals surface area contributed by atoms with Crippen molar-refractivity contribution in [3.05, 3.63) is 51.2 Å². The van der Waals surface area contributed by atoms with Crippen molar-refractivity contribution in [2.24, 2.45) is 21.7 Å². The lowest BCUT2D eigenvalue weighted by Gasteiger charge is -2.20. The van der Waals surface area contributed by atoms with Crippen LogP contribution in [0.3, 0.4) is 0 Å². The Labute approximate surface area is 163 Å². The van der Waals surface area contributed by atoms with Gasteiger partial charge in [0, 0.05) is 35.2 Å². The Bertz CT molecular complexity index is 777. The minimum Gasteiger partial charge on any atom is -0.369 e. The summed E-state index contributed by atoms with van der Waals surface area (Å²) in [6.45, 7) is 1.90. The van der Waals surface area contributed by atoms with Crippen LogP contribution in [0.5, 0.6) is 0 Å². The lowest BCUT2D eigenvalue weighted by Crippen LogP contribution is -2.30. The molecule has 2 aromatic rings. The minimum absolute atomic E-state index is 0.0173. The zero-order chi connectivity index (χ0) is 17.8. The van der Waals surface area contributed by atoms with Gasteiger partial charge in [-0.1, -0.05) is 15.9 Å². The van der Waals surface area contributed by atoms with Crippen molar-refractivity contribution in [1.29, 1.82) is 0 Å². The lowest BCUT2D eigenvalue weighted by atomic mass is 10.2. The predicted octanol–water partition coefficient (Wildman–Crippen LogP) is 3.23. The maximum Gasteiger partial charge on any atom is 0.211 e. The highest BCUT2D eigenvalue weighted by Crippen LogP contribution is 2.25. The van der Waals surface area contributed by atoms with E-state index in [0.29, 0.717) is 0 Å². The summed E-state index contributed by atoms with van der Waals surface area (Å²) in [6.07, 6.45) is 6.20. The number of benzene rings is 1. The van der Waals surface area contributed by atoms with E-state index in [-0.39, 0.29) is 12.0 Å². The molecular weight excluding hydrogens is 448 g/mol. The molecule has 25 heavy (non-hydrogen) atoms. The van der Waals surface area contributed by atoms with Crippen molar-refractivity contribution in [1.82, 2.24) is 9.47 Å². The van der Waals surface area contributed by atoms with E-state index >= 15 is 0 Å². The second kappa shape index (κ2) is 8.16. The van der Waals surface area contributed by atoms with E-state index in [9.17, 15) is 0 Å². The standard InChI is InChI=1S/C17H20Br2N6/c18-13-3-5-14(6-4-13)25-11-12(8-16(25)19)10-24-7-1-2-15(24)9-22-23-17(20)21/h3-6,8-9,11,15H,1-2,7,10H2,(H4,20,21,23)/b22-9+. The number of guanidine groups is 1. The molecule has 1 saturated heterocycles. The number of aromatic nitrogens is 1. The molecule has 1 aliphatic rings. The van der Waals surface area contributed by atoms with Crippen molar-refractivity contribution in [3.8, 4) is 5.69 Å². The van der Waals surface area contributed by atoms with Gasteiger partial charge in [0.25, 0.3) is 0 Å². The van der Waals surface area contributed by atoms with E-state index < -0.39 is 0 Å². The SMILES string of the molecule is NC(N)=N/N=C/C1CCCN1Cc1cc(Br)n(-c2ccc(Br)cc2)c1. The first-order chi connectivity index (χ1) is 12.0. The zero-order valence-electron chi connectivity index (χ0n) is 13.6. The molecule has 1 unspecified atom stereocenters. The van der Waals surface area contributed by atoms with Gasteiger partial charge in [0.2, 0.25) is 5.96 Å². The van der Waals surface area contributed by atoms with E-state index in [1.165, 1.54) is 5.56 Å². The van der Waals surface area contributed by atoms with Crippen LogP contribution in [0.15, 0.2) is 55.8 Å². The largest absolute Gasteiger partial charge is 0.369 e. The number of halogens is 2. The van der Waals surface area contributed by atoms with Gasteiger partial charge >= 0.3 is 0 Å². The molecule has 8 heteroatoms. The Morgan fingerprint density at radius 1 is 1.24 bits per heavy atom. The zero-order valence-corrected chi connectivity index (χ0v) is 16.8. The van der Waals surface area contributed by atoms with Gasteiger partial charge in [-0.05, 0) is 71.2 Å². The number of rotatable bonds is 5. The fourth-order valence-corrected chi connectivity index (χ4v) is 3.87. The van der Waals surface area contributed by atoms with Crippen molar-refractivity contribution in [2.45, 2.75) is 25.4 Å². The summed E-state index contributed by atoms with van der Waals surface area (Å²) >= 11 is 7.13. The van der Waals surface area contributed by atoms with Gasteiger partial charge < -0.3 is 16.0 Å². The summed E-state index contributed by atoms with van der Waals surface area (Å²) in [5, 5.41) is 7.67. The fraction of sp³-hybridized carbons (Fsp3) is 0.294. The molecule has 0 aliphatic carbocycles. The van der Waals surface area contributed by atoms with Gasteiger partial charge in [-0.15, -0.1) is 5.10 Å². The highest BCUT2D eigenvalue weighted by molar-refractivity contribution is 9.10. The van der Waals surface area contributed by atoms with E-state index in [1.807, 2.05) is 18.3 Å². The maximum atomic E-state index is 5.31. The van der Waals surface area contributed by atoms with Crippen LogP contribution in [-0.4, -0.2) is 34.2 Å². The first kappa shape index (κ1) is 18.2. The third-order valence-electron chi connectivity index (χ3n) is 4.15. The Balaban J connectivity index is 1.72. The van der Waals surface area contributed by atoms with Crippen molar-refractivity contribution >= 4 is 44.0 Å². The molecule has 0 spiro atoms. The number of likely N-dealkylation sites (tertiary alicyclic amines) is 1. The van der Waals surface area contributed by atoms with Crippen LogP contribution in [0.25, 0.3) is 5.69 Å². The molecule has 2 heterocycles. The van der Waals surface area contributed by atoms with Crippen LogP contribution in [0.4, 0.5) is 0 Å². The van der Waals surface area contributed by atoms with Crippen molar-refractivity contribution < 1.29 is 0 Å². The van der Waals surface area contributed by atoms with E-state index in [2.05, 4.69) is 75.9 Å². The molecule has 1 aromatic heterocycles. The van der Waals surface area contributed by atoms with E-state index in [0.717, 1.165) is 40.7 Å². The summed E-state index contributed by atoms with van der Waals surface area (Å²) in [5.41, 5.74) is 13.0. The fourth-order valence-electron chi connectivity index (χ4n) is 3.00. The number of nitrogens with zero attached hydrogens (tertiary/aromatic N) is 4. The maximum absolute atomic E-state index is 5.31. The summed E-state index contributed by atoms with van der Waals surface area (Å²) in [4.78, 5) is 2.39. The van der Waals surface area contributed by atoms with E-state index in [4.69, 9.17) is 11.5 Å². The summed E-state index contributed by atoms with van der Waals surface area (Å²) in [7, 11) is 0. The highest BCUT2D eigenvalue weighted by atomic mass is 79.9. The van der Waals surface area contributed by atoms with Crippen LogP contribution >= 0.6 is 31.9 Å². The molecule has 0 saturated carbocycles. The van der Waals surface area contributed by atoms with Gasteiger partial charge in [0.1, 0.15) is 0 Å². The summed E-state index contributed by atoms with van der Waals surface area (Å²) in [6, 6.07) is 10.7. The van der Waals surface area contributed by atoms with Gasteiger partial charge in [-0.2, -0.15) is 5.10 Å². The minimum atomic E-state index is -0.0173. The molecule has 1 atom stereocenters. The van der Waals surface area contributed by atoms with Gasteiger partial charge in [-0.3, -0.25) is 4.90 Å². The van der Waals surface area contributed by atoms with E-state index in [1.54, 1.807) is 0 Å². The molecular formula is C17H20Br2N6. The average Bonchev–Trinajstić information content (AvgIpc) is 3.15. The molecule has 4 N–H and O–H groups in total. The Morgan fingerprint density at radius 3 is 2.72 bits per heavy atom. The quantitative estimate of drug-likeness (QED) is 0.402. The lowest BCUT2D eigenvalue weighted by molar-refractivity contribution is 0.297. The van der Waals surface area contributed by atoms with Crippen molar-refractivity contribution in [2.75, 3.05) is 6.54 Å². The molecule has 1 fully saturated rings. The van der Waals surface area contributed by atoms with Crippen LogP contribution in [0, 0.1) is 0 Å². The highest BCUT2D eigenvalue weighted by Gasteiger charge is 2.23. The Kier molecular flexibility index (Phi) is 5.93. The van der Waals surface area contributed by atoms with Crippen LogP contribution in [0.2, 0.25) is 0 Å². The van der Waals surface area contributed by atoms with Crippen LogP contribution in [-0.2, 0) is 6.54 Å². The molecule has 3 rings (SSSR count). The second-order valence-electron chi connectivity index (χ2n) is 5.99. The second-order valence-corrected chi connectivity index (χ2v) is 7.72. The predicted molar refractivity (Wildman–Crippen MR) is 109 cm³/mol. The van der Waals surface area contributed by atoms with Crippen molar-refractivity contribution in [3.63, 3.8) is 0 Å². The summed E-state index contributed by atoms with van der Waals surface area (Å²) < 4.78 is 4.25. The number of hydrogen-bond donors (Lipinski definition) is 2. The van der Waals surface area contributed by atoms with Gasteiger partial charge in [0.05, 0.1) is 4.60 Å². The average molecular weight is 468 g/mol. The molecule has 1 aromatic carbocycles. The first-order valence-corrected chi connectivity index (χ1v) is 9.60. The molecule has 132 valence electrons. The smallest absolute Gasteiger partial charge is 0.211 e. The Hall–Kier alpha value is -1.64. The topological polar surface area (TPSA) is 84.9 Å². The third-order valence-corrected chi connectivity index (χ3v) is 5.29. The third kappa shape index (κ3) is 4.71. The summed E-state index contributed by atoms with van der Waals surface area (Å²) in [5.74, 6) is -0.0173. The van der Waals surface area contributed by atoms with Crippen LogP contribution in [0.1, 0.15) is 18.4 Å². The van der Waals surface area contributed by atoms with Crippen LogP contribution < -0.4 is 11.5 Å². The number of hydrogen-bond acceptors (Lipinski definition) is 3. The monoisotopic (exact) mass is 466 g/mol. The van der Waals surface area contributed by atoms with Gasteiger partial charge in [-0.25, -0.2) is 0 Å². The molecule has 0 radical (unpaired) electrons. The first-order valence-electron chi connectivity index (χ1n) is 8.02. The normalized spacial score (nSPS) is 18.1. The molecule has 0 bridgehead atoms. The molecule has 6 nitrogen and oxygen atoms in total. The molecule has 0 amide bonds. The Morgan fingerprint density at radius 2 is 2.00 bits per heavy atom. The number of nitrogens with two attached hydrogens (primary N) is 2. The molecule has 1 aliphatic heterocycles.